The van der Waals surface area contributed by atoms with Crippen LogP contribution in [-0.2, 0) is 65.4 Å². The minimum absolute atomic E-state index is 0.110. The van der Waals surface area contributed by atoms with Gasteiger partial charge in [-0.25, -0.2) is 9.13 Å². The van der Waals surface area contributed by atoms with Gasteiger partial charge >= 0.3 is 39.5 Å². The predicted octanol–water partition coefficient (Wildman–Crippen LogP) is 29.5. The molecule has 3 unspecified atom stereocenters. The largest absolute Gasteiger partial charge is 0.472 e. The van der Waals surface area contributed by atoms with E-state index in [-0.39, 0.29) is 25.7 Å². The summed E-state index contributed by atoms with van der Waals surface area (Å²) in [7, 11) is -9.94. The molecule has 0 aromatic carbocycles. The molecule has 672 valence electrons. The standard InChI is InChI=1S/C94H184O17P2/c1-6-10-13-16-19-22-25-28-30-32-34-36-40-44-48-53-58-63-68-73-78-92(97)105-84-90(111-94(99)80-75-70-65-60-55-50-46-42-38-37-39-43-47-51-56-61-66-71-76-87(5)9-4)86-109-113(102,103)107-82-88(95)81-106-112(100,101)108-85-89(83-104-91(96)77-72-67-62-57-52-27-24-21-18-15-12-8-3)110-93(98)79-74-69-64-59-54-49-45-41-35-33-31-29-26-23-20-17-14-11-7-2/h87-90,95H,6-86H2,1-5H3,(H,100,101)(H,102,103)/t87?,88-,89+,90+/m0/s1. The number of carbonyl (C=O) groups excluding carboxylic acids is 4. The Bertz CT molecular complexity index is 2140. The van der Waals surface area contributed by atoms with Crippen molar-refractivity contribution in [2.45, 2.75) is 534 Å². The minimum atomic E-state index is -4.97. The second-order valence-electron chi connectivity index (χ2n) is 34.0. The van der Waals surface area contributed by atoms with Gasteiger partial charge in [-0.1, -0.05) is 465 Å². The highest BCUT2D eigenvalue weighted by Gasteiger charge is 2.31. The quantitative estimate of drug-likeness (QED) is 0.0222. The molecule has 0 fully saturated rings. The van der Waals surface area contributed by atoms with Crippen molar-refractivity contribution >= 4 is 39.5 Å². The molecule has 0 spiro atoms. The van der Waals surface area contributed by atoms with Crippen molar-refractivity contribution in [2.24, 2.45) is 5.92 Å². The molecule has 19 heteroatoms. The van der Waals surface area contributed by atoms with Crippen LogP contribution in [0.4, 0.5) is 0 Å². The molecule has 0 bridgehead atoms. The van der Waals surface area contributed by atoms with Crippen LogP contribution in [0.15, 0.2) is 0 Å². The van der Waals surface area contributed by atoms with Crippen LogP contribution in [-0.4, -0.2) is 96.7 Å². The molecular weight excluding hydrogens is 1460 g/mol. The topological polar surface area (TPSA) is 237 Å². The van der Waals surface area contributed by atoms with Gasteiger partial charge in [-0.2, -0.15) is 0 Å². The van der Waals surface area contributed by atoms with Crippen molar-refractivity contribution in [3.8, 4) is 0 Å². The molecule has 0 saturated carbocycles. The van der Waals surface area contributed by atoms with E-state index in [0.29, 0.717) is 25.7 Å². The highest BCUT2D eigenvalue weighted by molar-refractivity contribution is 7.47. The Morgan fingerprint density at radius 3 is 0.628 bits per heavy atom. The molecule has 0 saturated heterocycles. The molecule has 0 amide bonds. The van der Waals surface area contributed by atoms with E-state index in [9.17, 15) is 43.2 Å². The first-order valence-electron chi connectivity index (χ1n) is 48.7. The third-order valence-corrected chi connectivity index (χ3v) is 24.5. The van der Waals surface area contributed by atoms with Crippen LogP contribution in [0.2, 0.25) is 0 Å². The highest BCUT2D eigenvalue weighted by Crippen LogP contribution is 2.45. The number of phosphoric ester groups is 2. The Hall–Kier alpha value is -1.94. The van der Waals surface area contributed by atoms with E-state index in [4.69, 9.17) is 37.0 Å². The fourth-order valence-electron chi connectivity index (χ4n) is 14.9. The van der Waals surface area contributed by atoms with Gasteiger partial charge in [-0.05, 0) is 31.6 Å². The van der Waals surface area contributed by atoms with Crippen molar-refractivity contribution in [1.29, 1.82) is 0 Å². The van der Waals surface area contributed by atoms with Gasteiger partial charge in [-0.3, -0.25) is 37.3 Å². The summed E-state index contributed by atoms with van der Waals surface area (Å²) < 4.78 is 69.2. The second kappa shape index (κ2) is 86.4. The Morgan fingerprint density at radius 1 is 0.248 bits per heavy atom. The summed E-state index contributed by atoms with van der Waals surface area (Å²) in [5, 5.41) is 10.7. The van der Waals surface area contributed by atoms with Gasteiger partial charge in [0.2, 0.25) is 0 Å². The highest BCUT2D eigenvalue weighted by atomic mass is 31.2. The molecule has 113 heavy (non-hydrogen) atoms. The first-order chi connectivity index (χ1) is 55.1. The van der Waals surface area contributed by atoms with Gasteiger partial charge in [-0.15, -0.1) is 0 Å². The number of hydrogen-bond acceptors (Lipinski definition) is 15. The van der Waals surface area contributed by atoms with Crippen LogP contribution in [0.5, 0.6) is 0 Å². The van der Waals surface area contributed by atoms with Gasteiger partial charge in [0.25, 0.3) is 0 Å². The lowest BCUT2D eigenvalue weighted by Gasteiger charge is -2.21. The van der Waals surface area contributed by atoms with E-state index in [0.717, 1.165) is 95.8 Å². The Labute approximate surface area is 696 Å². The summed E-state index contributed by atoms with van der Waals surface area (Å²) in [6.45, 7) is 7.48. The Kier molecular flexibility index (Phi) is 85.0. The Balaban J connectivity index is 5.24. The van der Waals surface area contributed by atoms with E-state index < -0.39 is 97.5 Å². The van der Waals surface area contributed by atoms with Crippen molar-refractivity contribution in [2.75, 3.05) is 39.6 Å². The molecule has 3 N–H and O–H groups in total. The lowest BCUT2D eigenvalue weighted by molar-refractivity contribution is -0.161. The number of aliphatic hydroxyl groups excluding tert-OH is 1. The molecular formula is C94H184O17P2. The maximum Gasteiger partial charge on any atom is 0.472 e. The lowest BCUT2D eigenvalue weighted by Crippen LogP contribution is -2.30. The van der Waals surface area contributed by atoms with Crippen LogP contribution in [0, 0.1) is 5.92 Å². The maximum atomic E-state index is 13.2. The number of ether oxygens (including phenoxy) is 4. The summed E-state index contributed by atoms with van der Waals surface area (Å²) in [6, 6.07) is 0. The van der Waals surface area contributed by atoms with Gasteiger partial charge < -0.3 is 33.8 Å². The summed E-state index contributed by atoms with van der Waals surface area (Å²) in [5.74, 6) is -1.22. The van der Waals surface area contributed by atoms with Gasteiger partial charge in [0.1, 0.15) is 19.3 Å². The van der Waals surface area contributed by atoms with Crippen molar-refractivity contribution in [3.05, 3.63) is 0 Å². The number of unbranched alkanes of at least 4 members (excludes halogenated alkanes) is 65. The van der Waals surface area contributed by atoms with Crippen molar-refractivity contribution in [1.82, 2.24) is 0 Å². The summed E-state index contributed by atoms with van der Waals surface area (Å²) >= 11 is 0. The molecule has 6 atom stereocenters. The Morgan fingerprint density at radius 2 is 0.425 bits per heavy atom. The molecule has 0 aliphatic carbocycles. The fourth-order valence-corrected chi connectivity index (χ4v) is 16.4. The third-order valence-electron chi connectivity index (χ3n) is 22.6. The summed E-state index contributed by atoms with van der Waals surface area (Å²) in [4.78, 5) is 73.5. The van der Waals surface area contributed by atoms with Crippen LogP contribution >= 0.6 is 15.6 Å². The molecule has 0 aromatic rings. The zero-order chi connectivity index (χ0) is 82.6. The second-order valence-corrected chi connectivity index (χ2v) is 36.9. The van der Waals surface area contributed by atoms with E-state index in [1.165, 1.54) is 340 Å². The molecule has 0 aromatic heterocycles. The van der Waals surface area contributed by atoms with E-state index in [2.05, 4.69) is 34.6 Å². The average Bonchev–Trinajstić information content (AvgIpc) is 0.919. The van der Waals surface area contributed by atoms with Crippen LogP contribution in [0.3, 0.4) is 0 Å². The van der Waals surface area contributed by atoms with Gasteiger partial charge in [0, 0.05) is 25.7 Å². The van der Waals surface area contributed by atoms with Gasteiger partial charge in [0.15, 0.2) is 12.2 Å². The molecule has 0 heterocycles. The fraction of sp³-hybridized carbons (Fsp3) is 0.957. The van der Waals surface area contributed by atoms with Crippen LogP contribution in [0.1, 0.15) is 516 Å². The SMILES string of the molecule is CCCCCCCCCCCCCCCCCCCCCCC(=O)OC[C@H](COP(=O)(O)OC[C@@H](O)COP(=O)(O)OC[C@@H](COC(=O)CCCCCCCCCCCCCC)OC(=O)CCCCCCCCCCCCCCCCCCCCC)OC(=O)CCCCCCCCCCCCCCCCCCCCC(C)CC. The summed E-state index contributed by atoms with van der Waals surface area (Å²) in [5.41, 5.74) is 0. The number of carbonyl (C=O) groups is 4. The third kappa shape index (κ3) is 86.3. The lowest BCUT2D eigenvalue weighted by atomic mass is 9.99. The molecule has 0 radical (unpaired) electrons. The number of rotatable bonds is 94. The maximum absolute atomic E-state index is 13.2. The van der Waals surface area contributed by atoms with Crippen LogP contribution in [0.25, 0.3) is 0 Å². The summed E-state index contributed by atoms with van der Waals surface area (Å²) in [6.07, 6.45) is 83.4. The van der Waals surface area contributed by atoms with Gasteiger partial charge in [0.05, 0.1) is 26.4 Å². The van der Waals surface area contributed by atoms with E-state index in [1.54, 1.807) is 0 Å². The molecule has 0 aliphatic heterocycles. The van der Waals surface area contributed by atoms with E-state index in [1.807, 2.05) is 0 Å². The normalized spacial score (nSPS) is 13.9. The predicted molar refractivity (Wildman–Crippen MR) is 469 cm³/mol. The van der Waals surface area contributed by atoms with Crippen molar-refractivity contribution < 1.29 is 80.2 Å². The number of hydrogen-bond donors (Lipinski definition) is 3. The first-order valence-corrected chi connectivity index (χ1v) is 51.7. The molecule has 0 aliphatic rings. The molecule has 0 rings (SSSR count). The smallest absolute Gasteiger partial charge is 0.462 e. The van der Waals surface area contributed by atoms with Crippen molar-refractivity contribution in [3.63, 3.8) is 0 Å². The minimum Gasteiger partial charge on any atom is -0.462 e. The first kappa shape index (κ1) is 111. The number of aliphatic hydroxyl groups is 1. The monoisotopic (exact) mass is 1650 g/mol. The zero-order valence-corrected chi connectivity index (χ0v) is 76.3. The molecule has 17 nitrogen and oxygen atoms in total. The average molecular weight is 1650 g/mol. The van der Waals surface area contributed by atoms with Crippen LogP contribution < -0.4 is 0 Å². The number of phosphoric acid groups is 2. The van der Waals surface area contributed by atoms with E-state index >= 15 is 0 Å². The number of esters is 4. The zero-order valence-electron chi connectivity index (χ0n) is 74.5.